The molecular weight excluding hydrogens is 262 g/mol. The van der Waals surface area contributed by atoms with Gasteiger partial charge < -0.3 is 15.1 Å². The van der Waals surface area contributed by atoms with Crippen LogP contribution in [0.3, 0.4) is 0 Å². The Morgan fingerprint density at radius 2 is 2.45 bits per heavy atom. The smallest absolute Gasteiger partial charge is 0.311 e. The summed E-state index contributed by atoms with van der Waals surface area (Å²) in [6.07, 6.45) is 1.74. The first-order valence-electron chi connectivity index (χ1n) is 6.64. The number of hydrazine groups is 1. The van der Waals surface area contributed by atoms with Crippen LogP contribution in [-0.2, 0) is 4.74 Å². The van der Waals surface area contributed by atoms with Gasteiger partial charge in [-0.1, -0.05) is 6.92 Å². The second kappa shape index (κ2) is 6.49. The summed E-state index contributed by atoms with van der Waals surface area (Å²) < 4.78 is 5.68. The summed E-state index contributed by atoms with van der Waals surface area (Å²) in [6, 6.07) is 2.91. The summed E-state index contributed by atoms with van der Waals surface area (Å²) in [5, 5.41) is 11.2. The van der Waals surface area contributed by atoms with Gasteiger partial charge >= 0.3 is 5.69 Å². The molecule has 1 atom stereocenters. The van der Waals surface area contributed by atoms with Gasteiger partial charge in [0.2, 0.25) is 5.82 Å². The lowest BCUT2D eigenvalue weighted by Crippen LogP contribution is -2.32. The van der Waals surface area contributed by atoms with Crippen molar-refractivity contribution in [3.63, 3.8) is 0 Å². The molecule has 20 heavy (non-hydrogen) atoms. The molecule has 0 spiro atoms. The molecule has 1 aliphatic rings. The molecular formula is C12H19N5O3. The molecule has 110 valence electrons. The Morgan fingerprint density at radius 1 is 1.65 bits per heavy atom. The molecule has 3 N–H and O–H groups in total. The number of aromatic nitrogens is 1. The van der Waals surface area contributed by atoms with Gasteiger partial charge in [-0.3, -0.25) is 10.1 Å². The topological polar surface area (TPSA) is 107 Å². The normalized spacial score (nSPS) is 19.5. The van der Waals surface area contributed by atoms with Gasteiger partial charge in [0.25, 0.3) is 0 Å². The quantitative estimate of drug-likeness (QED) is 0.486. The maximum Gasteiger partial charge on any atom is 0.311 e. The number of nitrogens with zero attached hydrogens (tertiary/aromatic N) is 3. The van der Waals surface area contributed by atoms with Crippen molar-refractivity contribution in [3.05, 3.63) is 22.2 Å². The highest BCUT2D eigenvalue weighted by Crippen LogP contribution is 2.29. The van der Waals surface area contributed by atoms with Crippen LogP contribution in [0.2, 0.25) is 0 Å². The fraction of sp³-hybridized carbons (Fsp3) is 0.583. The molecule has 1 aromatic rings. The fourth-order valence-electron chi connectivity index (χ4n) is 2.23. The highest BCUT2D eigenvalue weighted by atomic mass is 16.6. The van der Waals surface area contributed by atoms with Crippen molar-refractivity contribution in [1.29, 1.82) is 0 Å². The van der Waals surface area contributed by atoms with Gasteiger partial charge in [-0.15, -0.1) is 0 Å². The minimum atomic E-state index is -0.421. The average Bonchev–Trinajstić information content (AvgIpc) is 2.71. The molecule has 8 heteroatoms. The second-order valence-electron chi connectivity index (χ2n) is 4.64. The summed E-state index contributed by atoms with van der Waals surface area (Å²) in [5.41, 5.74) is 2.41. The lowest BCUT2D eigenvalue weighted by molar-refractivity contribution is -0.384. The molecule has 2 rings (SSSR count). The number of ether oxygens (including phenoxy) is 1. The van der Waals surface area contributed by atoms with Crippen LogP contribution in [0, 0.1) is 10.1 Å². The van der Waals surface area contributed by atoms with Crippen LogP contribution in [0.4, 0.5) is 17.3 Å². The van der Waals surface area contributed by atoms with E-state index in [0.29, 0.717) is 31.3 Å². The first kappa shape index (κ1) is 14.5. The lowest BCUT2D eigenvalue weighted by atomic mass is 10.2. The number of anilines is 2. The van der Waals surface area contributed by atoms with Gasteiger partial charge in [0.15, 0.2) is 0 Å². The predicted molar refractivity (Wildman–Crippen MR) is 75.6 cm³/mol. The van der Waals surface area contributed by atoms with Crippen molar-refractivity contribution in [1.82, 2.24) is 4.98 Å². The van der Waals surface area contributed by atoms with Crippen LogP contribution in [0.25, 0.3) is 0 Å². The molecule has 1 fully saturated rings. The van der Waals surface area contributed by atoms with Gasteiger partial charge in [0, 0.05) is 25.8 Å². The van der Waals surface area contributed by atoms with Gasteiger partial charge in [-0.2, -0.15) is 0 Å². The molecule has 0 radical (unpaired) electrons. The molecule has 0 bridgehead atoms. The number of nitrogens with two attached hydrogens (primary N) is 1. The molecule has 0 aromatic carbocycles. The van der Waals surface area contributed by atoms with Crippen LogP contribution in [-0.4, -0.2) is 35.7 Å². The van der Waals surface area contributed by atoms with Crippen LogP contribution >= 0.6 is 0 Å². The first-order valence-corrected chi connectivity index (χ1v) is 6.64. The van der Waals surface area contributed by atoms with Crippen molar-refractivity contribution in [3.8, 4) is 0 Å². The predicted octanol–water partition coefficient (Wildman–Crippen LogP) is 1.28. The number of nitrogens with one attached hydrogen (secondary N) is 1. The first-order chi connectivity index (χ1) is 9.65. The SMILES string of the molecule is CCC1CN(c2nc(NN)ccc2[N+](=O)[O-])CCCO1. The Hall–Kier alpha value is -1.93. The Kier molecular flexibility index (Phi) is 4.70. The number of rotatable bonds is 4. The number of hydrogen-bond acceptors (Lipinski definition) is 7. The van der Waals surface area contributed by atoms with E-state index < -0.39 is 4.92 Å². The number of pyridine rings is 1. The zero-order valence-electron chi connectivity index (χ0n) is 11.4. The van der Waals surface area contributed by atoms with Crippen LogP contribution in [0.5, 0.6) is 0 Å². The molecule has 2 heterocycles. The van der Waals surface area contributed by atoms with Gasteiger partial charge in [0.05, 0.1) is 11.0 Å². The van der Waals surface area contributed by atoms with E-state index >= 15 is 0 Å². The van der Waals surface area contributed by atoms with E-state index in [0.717, 1.165) is 12.8 Å². The molecule has 0 aliphatic carbocycles. The van der Waals surface area contributed by atoms with Gasteiger partial charge in [0.1, 0.15) is 5.82 Å². The molecule has 0 saturated carbocycles. The van der Waals surface area contributed by atoms with Crippen molar-refractivity contribution in [2.24, 2.45) is 5.84 Å². The summed E-state index contributed by atoms with van der Waals surface area (Å²) in [6.45, 7) is 3.97. The lowest BCUT2D eigenvalue weighted by Gasteiger charge is -2.24. The molecule has 1 saturated heterocycles. The summed E-state index contributed by atoms with van der Waals surface area (Å²) in [7, 11) is 0. The third kappa shape index (κ3) is 3.14. The van der Waals surface area contributed by atoms with Gasteiger partial charge in [-0.05, 0) is 18.9 Å². The minimum Gasteiger partial charge on any atom is -0.376 e. The maximum atomic E-state index is 11.2. The van der Waals surface area contributed by atoms with E-state index in [-0.39, 0.29) is 11.8 Å². The third-order valence-corrected chi connectivity index (χ3v) is 3.30. The van der Waals surface area contributed by atoms with E-state index in [4.69, 9.17) is 10.6 Å². The van der Waals surface area contributed by atoms with E-state index in [1.54, 1.807) is 0 Å². The third-order valence-electron chi connectivity index (χ3n) is 3.30. The fourth-order valence-corrected chi connectivity index (χ4v) is 2.23. The molecule has 1 aliphatic heterocycles. The summed E-state index contributed by atoms with van der Waals surface area (Å²) in [4.78, 5) is 16.9. The highest BCUT2D eigenvalue weighted by molar-refractivity contribution is 5.61. The molecule has 0 amide bonds. The van der Waals surface area contributed by atoms with E-state index in [9.17, 15) is 10.1 Å². The number of nitro groups is 1. The Bertz CT molecular complexity index is 482. The van der Waals surface area contributed by atoms with Crippen LogP contribution < -0.4 is 16.2 Å². The zero-order chi connectivity index (χ0) is 14.5. The maximum absolute atomic E-state index is 11.2. The molecule has 1 unspecified atom stereocenters. The summed E-state index contributed by atoms with van der Waals surface area (Å²) in [5.74, 6) is 6.08. The summed E-state index contributed by atoms with van der Waals surface area (Å²) >= 11 is 0. The largest absolute Gasteiger partial charge is 0.376 e. The monoisotopic (exact) mass is 281 g/mol. The second-order valence-corrected chi connectivity index (χ2v) is 4.64. The number of nitrogen functional groups attached to an aromatic ring is 1. The Balaban J connectivity index is 2.35. The van der Waals surface area contributed by atoms with Crippen molar-refractivity contribution in [2.75, 3.05) is 30.0 Å². The minimum absolute atomic E-state index is 0.0132. The Labute approximate surface area is 117 Å². The van der Waals surface area contributed by atoms with Crippen LogP contribution in [0.1, 0.15) is 19.8 Å². The standard InChI is InChI=1S/C12H19N5O3/c1-2-9-8-16(6-3-7-20-9)12-10(17(18)19)4-5-11(14-12)15-13/h4-5,9H,2-3,6-8,13H2,1H3,(H,14,15). The highest BCUT2D eigenvalue weighted by Gasteiger charge is 2.25. The van der Waals surface area contributed by atoms with Crippen LogP contribution in [0.15, 0.2) is 12.1 Å². The number of hydrogen-bond donors (Lipinski definition) is 2. The van der Waals surface area contributed by atoms with E-state index in [1.807, 2.05) is 11.8 Å². The average molecular weight is 281 g/mol. The van der Waals surface area contributed by atoms with E-state index in [1.165, 1.54) is 12.1 Å². The Morgan fingerprint density at radius 3 is 3.10 bits per heavy atom. The van der Waals surface area contributed by atoms with Crippen molar-refractivity contribution >= 4 is 17.3 Å². The van der Waals surface area contributed by atoms with Crippen molar-refractivity contribution < 1.29 is 9.66 Å². The molecule has 8 nitrogen and oxygen atoms in total. The van der Waals surface area contributed by atoms with Crippen molar-refractivity contribution in [2.45, 2.75) is 25.9 Å². The van der Waals surface area contributed by atoms with E-state index in [2.05, 4.69) is 10.4 Å². The molecule has 1 aromatic heterocycles. The van der Waals surface area contributed by atoms with Gasteiger partial charge in [-0.25, -0.2) is 10.8 Å². The zero-order valence-corrected chi connectivity index (χ0v) is 11.4.